The van der Waals surface area contributed by atoms with Crippen molar-refractivity contribution in [3.8, 4) is 0 Å². The van der Waals surface area contributed by atoms with Gasteiger partial charge < -0.3 is 15.5 Å². The highest BCUT2D eigenvalue weighted by Crippen LogP contribution is 2.29. The van der Waals surface area contributed by atoms with Gasteiger partial charge in [-0.3, -0.25) is 4.79 Å². The van der Waals surface area contributed by atoms with Crippen LogP contribution >= 0.6 is 47.1 Å². The predicted molar refractivity (Wildman–Crippen MR) is 112 cm³/mol. The van der Waals surface area contributed by atoms with Crippen LogP contribution in [0.25, 0.3) is 0 Å². The topological polar surface area (TPSA) is 69.6 Å². The number of halogens is 4. The third-order valence-electron chi connectivity index (χ3n) is 2.94. The third-order valence-corrected chi connectivity index (χ3v) is 4.46. The van der Waals surface area contributed by atoms with E-state index in [2.05, 4.69) is 20.6 Å². The SMILES string of the molecule is CSCCNC(=NCC(=O)N(C)C)NCCc1nc(C(F)(F)F)cs1.I. The second-order valence-corrected chi connectivity index (χ2v) is 7.10. The monoisotopic (exact) mass is 525 g/mol. The number of hydrogen-bond acceptors (Lipinski definition) is 5. The lowest BCUT2D eigenvalue weighted by Crippen LogP contribution is -2.40. The summed E-state index contributed by atoms with van der Waals surface area (Å²) in [7, 11) is 3.29. The number of hydrogen-bond donors (Lipinski definition) is 2. The fourth-order valence-electron chi connectivity index (χ4n) is 1.58. The summed E-state index contributed by atoms with van der Waals surface area (Å²) in [5, 5.41) is 7.50. The van der Waals surface area contributed by atoms with Crippen LogP contribution in [0.1, 0.15) is 10.7 Å². The van der Waals surface area contributed by atoms with Gasteiger partial charge in [0, 0.05) is 44.7 Å². The first-order chi connectivity index (χ1) is 11.7. The van der Waals surface area contributed by atoms with Gasteiger partial charge in [-0.05, 0) is 6.26 Å². The van der Waals surface area contributed by atoms with Crippen molar-refractivity contribution in [2.24, 2.45) is 4.99 Å². The molecule has 0 saturated heterocycles. The lowest BCUT2D eigenvalue weighted by Gasteiger charge is -2.13. The number of rotatable bonds is 8. The highest BCUT2D eigenvalue weighted by molar-refractivity contribution is 14.0. The molecule has 6 nitrogen and oxygen atoms in total. The maximum Gasteiger partial charge on any atom is 0.434 e. The molecule has 2 N–H and O–H groups in total. The summed E-state index contributed by atoms with van der Waals surface area (Å²) in [5.74, 6) is 1.18. The van der Waals surface area contributed by atoms with Gasteiger partial charge in [-0.1, -0.05) is 0 Å². The highest BCUT2D eigenvalue weighted by atomic mass is 127. The molecule has 0 radical (unpaired) electrons. The molecule has 0 unspecified atom stereocenters. The lowest BCUT2D eigenvalue weighted by molar-refractivity contribution is -0.140. The maximum atomic E-state index is 12.5. The summed E-state index contributed by atoms with van der Waals surface area (Å²) < 4.78 is 37.6. The van der Waals surface area contributed by atoms with Crippen molar-refractivity contribution in [1.82, 2.24) is 20.5 Å². The number of aliphatic imine (C=N–C) groups is 1. The van der Waals surface area contributed by atoms with E-state index in [1.807, 2.05) is 6.26 Å². The quantitative estimate of drug-likeness (QED) is 0.236. The van der Waals surface area contributed by atoms with Gasteiger partial charge in [0.05, 0.1) is 5.01 Å². The molecule has 26 heavy (non-hydrogen) atoms. The molecule has 1 aromatic rings. The summed E-state index contributed by atoms with van der Waals surface area (Å²) in [6, 6.07) is 0. The van der Waals surface area contributed by atoms with E-state index in [9.17, 15) is 18.0 Å². The van der Waals surface area contributed by atoms with Crippen LogP contribution in [0.2, 0.25) is 0 Å². The molecule has 0 atom stereocenters. The van der Waals surface area contributed by atoms with Gasteiger partial charge in [-0.15, -0.1) is 35.3 Å². The van der Waals surface area contributed by atoms with Crippen LogP contribution in [0.3, 0.4) is 0 Å². The number of likely N-dealkylation sites (N-methyl/N-ethyl adjacent to an activating group) is 1. The Morgan fingerprint density at radius 3 is 2.54 bits per heavy atom. The van der Waals surface area contributed by atoms with Crippen LogP contribution in [-0.4, -0.2) is 67.5 Å². The molecule has 12 heteroatoms. The minimum Gasteiger partial charge on any atom is -0.356 e. The van der Waals surface area contributed by atoms with Gasteiger partial charge >= 0.3 is 6.18 Å². The van der Waals surface area contributed by atoms with E-state index in [1.54, 1.807) is 25.9 Å². The van der Waals surface area contributed by atoms with Crippen molar-refractivity contribution < 1.29 is 18.0 Å². The number of carbonyl (C=O) groups is 1. The smallest absolute Gasteiger partial charge is 0.356 e. The zero-order chi connectivity index (χ0) is 18.9. The van der Waals surface area contributed by atoms with Crippen LogP contribution in [-0.2, 0) is 17.4 Å². The summed E-state index contributed by atoms with van der Waals surface area (Å²) >= 11 is 2.64. The highest BCUT2D eigenvalue weighted by Gasteiger charge is 2.33. The number of nitrogens with one attached hydrogen (secondary N) is 2. The number of carbonyl (C=O) groups excluding carboxylic acids is 1. The van der Waals surface area contributed by atoms with Gasteiger partial charge in [-0.25, -0.2) is 9.98 Å². The van der Waals surface area contributed by atoms with E-state index in [0.717, 1.165) is 22.5 Å². The fraction of sp³-hybridized carbons (Fsp3) is 0.643. The van der Waals surface area contributed by atoms with Crippen molar-refractivity contribution in [3.63, 3.8) is 0 Å². The van der Waals surface area contributed by atoms with Gasteiger partial charge in [0.1, 0.15) is 6.54 Å². The van der Waals surface area contributed by atoms with Crippen molar-refractivity contribution in [1.29, 1.82) is 0 Å². The first-order valence-electron chi connectivity index (χ1n) is 7.47. The second kappa shape index (κ2) is 12.6. The van der Waals surface area contributed by atoms with Crippen LogP contribution in [0.4, 0.5) is 13.2 Å². The standard InChI is InChI=1S/C14H22F3N5OS2.HI/c1-22(2)12(23)8-20-13(19-6-7-24-3)18-5-4-11-21-10(9-25-11)14(15,16)17;/h9H,4-8H2,1-3H3,(H2,18,19,20);1H. The Morgan fingerprint density at radius 1 is 1.35 bits per heavy atom. The molecule has 0 saturated carbocycles. The van der Waals surface area contributed by atoms with Crippen molar-refractivity contribution in [2.75, 3.05) is 45.7 Å². The molecule has 0 fully saturated rings. The van der Waals surface area contributed by atoms with Crippen molar-refractivity contribution >= 4 is 58.9 Å². The van der Waals surface area contributed by atoms with E-state index in [4.69, 9.17) is 0 Å². The summed E-state index contributed by atoms with van der Waals surface area (Å²) in [6.07, 6.45) is -2.10. The molecule has 0 bridgehead atoms. The molecule has 0 aliphatic rings. The molecular weight excluding hydrogens is 502 g/mol. The van der Waals surface area contributed by atoms with E-state index in [-0.39, 0.29) is 36.4 Å². The first-order valence-corrected chi connectivity index (χ1v) is 9.74. The molecule has 1 rings (SSSR count). The third kappa shape index (κ3) is 9.80. The van der Waals surface area contributed by atoms with E-state index < -0.39 is 11.9 Å². The summed E-state index contributed by atoms with van der Waals surface area (Å²) in [5.41, 5.74) is -0.865. The molecule has 0 aromatic carbocycles. The summed E-state index contributed by atoms with van der Waals surface area (Å²) in [6.45, 7) is 1.03. The Kier molecular flexibility index (Phi) is 12.2. The molecule has 0 aliphatic heterocycles. The van der Waals surface area contributed by atoms with Gasteiger partial charge in [0.15, 0.2) is 11.7 Å². The molecule has 0 aliphatic carbocycles. The summed E-state index contributed by atoms with van der Waals surface area (Å²) in [4.78, 5) is 20.8. The minimum atomic E-state index is -4.42. The second-order valence-electron chi connectivity index (χ2n) is 5.17. The first kappa shape index (κ1) is 25.2. The average Bonchev–Trinajstić information content (AvgIpc) is 3.01. The zero-order valence-corrected chi connectivity index (χ0v) is 18.7. The van der Waals surface area contributed by atoms with Crippen molar-refractivity contribution in [2.45, 2.75) is 12.6 Å². The number of guanidine groups is 1. The number of amides is 1. The molecule has 1 amide bonds. The Morgan fingerprint density at radius 2 is 2.00 bits per heavy atom. The zero-order valence-electron chi connectivity index (χ0n) is 14.7. The van der Waals surface area contributed by atoms with Crippen LogP contribution < -0.4 is 10.6 Å². The Balaban J connectivity index is 0.00000625. The van der Waals surface area contributed by atoms with Crippen molar-refractivity contribution in [3.05, 3.63) is 16.1 Å². The number of aromatic nitrogens is 1. The normalized spacial score (nSPS) is 11.7. The number of alkyl halides is 3. The molecule has 0 spiro atoms. The average molecular weight is 525 g/mol. The number of nitrogens with zero attached hydrogens (tertiary/aromatic N) is 3. The Labute approximate surface area is 176 Å². The fourth-order valence-corrected chi connectivity index (χ4v) is 2.69. The Bertz CT molecular complexity index is 581. The van der Waals surface area contributed by atoms with Gasteiger partial charge in [0.25, 0.3) is 0 Å². The van der Waals surface area contributed by atoms with Crippen LogP contribution in [0.5, 0.6) is 0 Å². The van der Waals surface area contributed by atoms with Gasteiger partial charge in [-0.2, -0.15) is 24.9 Å². The maximum absolute atomic E-state index is 12.5. The van der Waals surface area contributed by atoms with E-state index >= 15 is 0 Å². The number of thioether (sulfide) groups is 1. The molecular formula is C14H23F3IN5OS2. The van der Waals surface area contributed by atoms with E-state index in [0.29, 0.717) is 30.5 Å². The largest absolute Gasteiger partial charge is 0.434 e. The Hall–Kier alpha value is -0.760. The lowest BCUT2D eigenvalue weighted by atomic mass is 10.4. The number of thiazole rings is 1. The minimum absolute atomic E-state index is 0. The van der Waals surface area contributed by atoms with Crippen LogP contribution in [0.15, 0.2) is 10.4 Å². The van der Waals surface area contributed by atoms with Gasteiger partial charge in [0.2, 0.25) is 5.91 Å². The molecule has 1 heterocycles. The molecule has 1 aromatic heterocycles. The van der Waals surface area contributed by atoms with E-state index in [1.165, 1.54) is 4.90 Å². The van der Waals surface area contributed by atoms with Crippen LogP contribution in [0, 0.1) is 0 Å². The molecule has 150 valence electrons. The predicted octanol–water partition coefficient (Wildman–Crippen LogP) is 2.31.